The van der Waals surface area contributed by atoms with Crippen molar-refractivity contribution < 1.29 is 5.11 Å². The van der Waals surface area contributed by atoms with E-state index in [0.717, 1.165) is 32.7 Å². The number of nitrogens with zero attached hydrogens (tertiary/aromatic N) is 2. The lowest BCUT2D eigenvalue weighted by Gasteiger charge is -2.39. The molecule has 0 aromatic heterocycles. The Kier molecular flexibility index (Phi) is 4.65. The minimum absolute atomic E-state index is 0.278. The van der Waals surface area contributed by atoms with Crippen LogP contribution in [0.1, 0.15) is 17.0 Å². The van der Waals surface area contributed by atoms with Gasteiger partial charge in [-0.2, -0.15) is 0 Å². The summed E-state index contributed by atoms with van der Waals surface area (Å²) in [4.78, 5) is 5.15. The molecular formula is C21H26N2O. The second-order valence-electron chi connectivity index (χ2n) is 7.15. The summed E-state index contributed by atoms with van der Waals surface area (Å²) in [5.74, 6) is 0.795. The van der Waals surface area contributed by atoms with Crippen molar-refractivity contribution in [2.24, 2.45) is 5.92 Å². The summed E-state index contributed by atoms with van der Waals surface area (Å²) in [6, 6.07) is 21.9. The number of hydrogen-bond acceptors (Lipinski definition) is 3. The molecule has 2 aliphatic heterocycles. The molecule has 2 aliphatic rings. The molecule has 3 atom stereocenters. The summed E-state index contributed by atoms with van der Waals surface area (Å²) in [5.41, 5.74) is 2.75. The molecule has 2 saturated heterocycles. The Balaban J connectivity index is 1.48. The predicted molar refractivity (Wildman–Crippen MR) is 96.8 cm³/mol. The van der Waals surface area contributed by atoms with Gasteiger partial charge >= 0.3 is 0 Å². The summed E-state index contributed by atoms with van der Waals surface area (Å²) in [5, 5.41) is 10.1. The average molecular weight is 322 g/mol. The zero-order chi connectivity index (χ0) is 16.4. The molecule has 0 amide bonds. The largest absolute Gasteiger partial charge is 0.396 e. The first-order valence-electron chi connectivity index (χ1n) is 9.01. The maximum absolute atomic E-state index is 10.1. The minimum Gasteiger partial charge on any atom is -0.396 e. The fourth-order valence-electron chi connectivity index (χ4n) is 4.48. The lowest BCUT2D eigenvalue weighted by atomic mass is 9.85. The maximum atomic E-state index is 10.1. The molecule has 126 valence electrons. The van der Waals surface area contributed by atoms with Crippen LogP contribution in [0.3, 0.4) is 0 Å². The van der Waals surface area contributed by atoms with Crippen LogP contribution in [0.5, 0.6) is 0 Å². The van der Waals surface area contributed by atoms with E-state index < -0.39 is 0 Å². The Hall–Kier alpha value is -1.68. The van der Waals surface area contributed by atoms with Crippen molar-refractivity contribution in [2.75, 3.05) is 32.8 Å². The number of piperazine rings is 1. The molecule has 2 heterocycles. The molecule has 0 radical (unpaired) electrons. The van der Waals surface area contributed by atoms with Gasteiger partial charge in [-0.3, -0.25) is 9.80 Å². The lowest BCUT2D eigenvalue weighted by Crippen LogP contribution is -2.52. The first-order valence-corrected chi connectivity index (χ1v) is 9.01. The van der Waals surface area contributed by atoms with E-state index >= 15 is 0 Å². The van der Waals surface area contributed by atoms with E-state index in [-0.39, 0.29) is 6.61 Å². The Morgan fingerprint density at radius 3 is 2.29 bits per heavy atom. The molecule has 0 saturated carbocycles. The number of rotatable bonds is 4. The van der Waals surface area contributed by atoms with Gasteiger partial charge in [0.1, 0.15) is 0 Å². The fourth-order valence-corrected chi connectivity index (χ4v) is 4.48. The van der Waals surface area contributed by atoms with Gasteiger partial charge in [-0.15, -0.1) is 0 Å². The third-order valence-electron chi connectivity index (χ3n) is 5.75. The monoisotopic (exact) mass is 322 g/mol. The highest BCUT2D eigenvalue weighted by Gasteiger charge is 2.44. The predicted octanol–water partition coefficient (Wildman–Crippen LogP) is 2.58. The van der Waals surface area contributed by atoms with Gasteiger partial charge in [0, 0.05) is 57.2 Å². The molecule has 2 aromatic rings. The number of benzene rings is 2. The zero-order valence-corrected chi connectivity index (χ0v) is 14.1. The molecule has 1 N–H and O–H groups in total. The van der Waals surface area contributed by atoms with Crippen molar-refractivity contribution in [3.05, 3.63) is 71.8 Å². The Bertz CT molecular complexity index is 645. The molecule has 0 unspecified atom stereocenters. The Labute approximate surface area is 144 Å². The van der Waals surface area contributed by atoms with Gasteiger partial charge in [0.05, 0.1) is 0 Å². The summed E-state index contributed by atoms with van der Waals surface area (Å²) in [6.45, 7) is 5.66. The van der Waals surface area contributed by atoms with Crippen LogP contribution in [0.2, 0.25) is 0 Å². The van der Waals surface area contributed by atoms with E-state index in [2.05, 4.69) is 70.5 Å². The smallest absolute Gasteiger partial charge is 0.0481 e. The number of hydrogen-bond donors (Lipinski definition) is 1. The molecular weight excluding hydrogens is 296 g/mol. The van der Waals surface area contributed by atoms with Gasteiger partial charge in [0.25, 0.3) is 0 Å². The molecule has 3 nitrogen and oxygen atoms in total. The fraction of sp³-hybridized carbons (Fsp3) is 0.429. The molecule has 0 aliphatic carbocycles. The standard InChI is InChI=1S/C21H26N2O/c24-16-20-19(18-9-5-2-6-10-18)14-23-12-11-22(15-21(20)23)13-17-7-3-1-4-8-17/h1-10,19-21,24H,11-16H2/t19-,20-,21-/m1/s1. The van der Waals surface area contributed by atoms with Gasteiger partial charge in [-0.05, 0) is 11.1 Å². The zero-order valence-electron chi connectivity index (χ0n) is 14.1. The number of aliphatic hydroxyl groups excluding tert-OH is 1. The van der Waals surface area contributed by atoms with Gasteiger partial charge in [-0.1, -0.05) is 60.7 Å². The topological polar surface area (TPSA) is 26.7 Å². The van der Waals surface area contributed by atoms with Crippen molar-refractivity contribution in [1.82, 2.24) is 9.80 Å². The SMILES string of the molecule is OC[C@@H]1[C@@H](c2ccccc2)CN2CCN(Cc3ccccc3)C[C@H]12. The van der Waals surface area contributed by atoms with E-state index in [1.807, 2.05) is 0 Å². The molecule has 2 aromatic carbocycles. The molecule has 2 fully saturated rings. The average Bonchev–Trinajstić information content (AvgIpc) is 3.01. The summed E-state index contributed by atoms with van der Waals surface area (Å²) in [7, 11) is 0. The van der Waals surface area contributed by atoms with Crippen LogP contribution in [0.15, 0.2) is 60.7 Å². The summed E-state index contributed by atoms with van der Waals surface area (Å²) >= 11 is 0. The van der Waals surface area contributed by atoms with Gasteiger partial charge in [-0.25, -0.2) is 0 Å². The van der Waals surface area contributed by atoms with E-state index in [1.54, 1.807) is 0 Å². The number of aliphatic hydroxyl groups is 1. The first-order chi connectivity index (χ1) is 11.8. The van der Waals surface area contributed by atoms with E-state index in [1.165, 1.54) is 11.1 Å². The highest BCUT2D eigenvalue weighted by Crippen LogP contribution is 2.38. The molecule has 24 heavy (non-hydrogen) atoms. The third kappa shape index (κ3) is 3.12. The Morgan fingerprint density at radius 2 is 1.58 bits per heavy atom. The first kappa shape index (κ1) is 15.8. The third-order valence-corrected chi connectivity index (χ3v) is 5.75. The quantitative estimate of drug-likeness (QED) is 0.937. The van der Waals surface area contributed by atoms with Crippen LogP contribution in [0, 0.1) is 5.92 Å². The van der Waals surface area contributed by atoms with E-state index in [4.69, 9.17) is 0 Å². The maximum Gasteiger partial charge on any atom is 0.0481 e. The second-order valence-corrected chi connectivity index (χ2v) is 7.15. The molecule has 3 heteroatoms. The highest BCUT2D eigenvalue weighted by atomic mass is 16.3. The van der Waals surface area contributed by atoms with Crippen molar-refractivity contribution in [3.8, 4) is 0 Å². The van der Waals surface area contributed by atoms with Crippen LogP contribution in [-0.4, -0.2) is 53.7 Å². The highest BCUT2D eigenvalue weighted by molar-refractivity contribution is 5.24. The summed E-state index contributed by atoms with van der Waals surface area (Å²) in [6.07, 6.45) is 0. The van der Waals surface area contributed by atoms with Crippen LogP contribution in [0.25, 0.3) is 0 Å². The van der Waals surface area contributed by atoms with Crippen LogP contribution in [-0.2, 0) is 6.54 Å². The minimum atomic E-state index is 0.278. The van der Waals surface area contributed by atoms with Crippen LogP contribution in [0.4, 0.5) is 0 Å². The lowest BCUT2D eigenvalue weighted by molar-refractivity contribution is 0.0675. The molecule has 0 bridgehead atoms. The van der Waals surface area contributed by atoms with Crippen LogP contribution < -0.4 is 0 Å². The second kappa shape index (κ2) is 7.06. The molecule has 4 rings (SSSR count). The normalized spacial score (nSPS) is 28.0. The van der Waals surface area contributed by atoms with Gasteiger partial charge in [0.15, 0.2) is 0 Å². The summed E-state index contributed by atoms with van der Waals surface area (Å²) < 4.78 is 0. The van der Waals surface area contributed by atoms with Crippen LogP contribution >= 0.6 is 0 Å². The van der Waals surface area contributed by atoms with Gasteiger partial charge in [0.2, 0.25) is 0 Å². The van der Waals surface area contributed by atoms with Gasteiger partial charge < -0.3 is 5.11 Å². The van der Waals surface area contributed by atoms with Crippen molar-refractivity contribution in [2.45, 2.75) is 18.5 Å². The van der Waals surface area contributed by atoms with Crippen molar-refractivity contribution >= 4 is 0 Å². The Morgan fingerprint density at radius 1 is 0.875 bits per heavy atom. The van der Waals surface area contributed by atoms with Crippen molar-refractivity contribution in [1.29, 1.82) is 0 Å². The molecule has 0 spiro atoms. The number of fused-ring (bicyclic) bond motifs is 1. The van der Waals surface area contributed by atoms with Crippen molar-refractivity contribution in [3.63, 3.8) is 0 Å². The van der Waals surface area contributed by atoms with E-state index in [9.17, 15) is 5.11 Å². The van der Waals surface area contributed by atoms with E-state index in [0.29, 0.717) is 17.9 Å².